The number of thioether (sulfide) groups is 1. The SMILES string of the molecule is C1=C(c2cc3c(s2)CCNC3)SCCN1c1ncnc2[nH]cnc12. The maximum absolute atomic E-state index is 4.47. The Bertz CT molecular complexity index is 904. The lowest BCUT2D eigenvalue weighted by molar-refractivity contribution is 0.653. The highest BCUT2D eigenvalue weighted by molar-refractivity contribution is 8.08. The number of aromatic nitrogens is 4. The Labute approximate surface area is 147 Å². The van der Waals surface area contributed by atoms with E-state index in [1.807, 2.05) is 23.1 Å². The van der Waals surface area contributed by atoms with Crippen LogP contribution in [0.1, 0.15) is 15.3 Å². The van der Waals surface area contributed by atoms with Gasteiger partial charge in [0.05, 0.1) is 6.33 Å². The third-order valence-electron chi connectivity index (χ3n) is 4.32. The molecule has 5 rings (SSSR count). The maximum Gasteiger partial charge on any atom is 0.164 e. The van der Waals surface area contributed by atoms with Gasteiger partial charge in [-0.3, -0.25) is 0 Å². The van der Waals surface area contributed by atoms with E-state index < -0.39 is 0 Å². The Morgan fingerprint density at radius 3 is 3.17 bits per heavy atom. The molecule has 0 fully saturated rings. The summed E-state index contributed by atoms with van der Waals surface area (Å²) >= 11 is 3.86. The number of hydrogen-bond acceptors (Lipinski definition) is 7. The summed E-state index contributed by atoms with van der Waals surface area (Å²) in [6, 6.07) is 2.35. The van der Waals surface area contributed by atoms with Crippen molar-refractivity contribution in [1.29, 1.82) is 0 Å². The molecule has 0 aromatic carbocycles. The van der Waals surface area contributed by atoms with Crippen molar-refractivity contribution in [2.75, 3.05) is 23.7 Å². The van der Waals surface area contributed by atoms with Crippen LogP contribution in [0, 0.1) is 0 Å². The lowest BCUT2D eigenvalue weighted by Crippen LogP contribution is -2.24. The Kier molecular flexibility index (Phi) is 3.53. The van der Waals surface area contributed by atoms with E-state index in [9.17, 15) is 0 Å². The lowest BCUT2D eigenvalue weighted by Gasteiger charge is -2.25. The second kappa shape index (κ2) is 5.87. The van der Waals surface area contributed by atoms with Crippen molar-refractivity contribution in [2.45, 2.75) is 13.0 Å². The fourth-order valence-electron chi connectivity index (χ4n) is 3.14. The van der Waals surface area contributed by atoms with Gasteiger partial charge in [-0.25, -0.2) is 15.0 Å². The van der Waals surface area contributed by atoms with Crippen molar-refractivity contribution in [1.82, 2.24) is 25.3 Å². The second-order valence-electron chi connectivity index (χ2n) is 5.82. The molecule has 0 atom stereocenters. The number of rotatable bonds is 2. The molecule has 3 aromatic rings. The molecule has 0 amide bonds. The summed E-state index contributed by atoms with van der Waals surface area (Å²) in [4.78, 5) is 22.6. The van der Waals surface area contributed by atoms with Gasteiger partial charge in [0.25, 0.3) is 0 Å². The van der Waals surface area contributed by atoms with Crippen LogP contribution >= 0.6 is 23.1 Å². The van der Waals surface area contributed by atoms with Crippen molar-refractivity contribution < 1.29 is 0 Å². The van der Waals surface area contributed by atoms with Gasteiger partial charge >= 0.3 is 0 Å². The summed E-state index contributed by atoms with van der Waals surface area (Å²) in [5.41, 5.74) is 3.07. The molecule has 5 heterocycles. The van der Waals surface area contributed by atoms with Crippen LogP contribution in [0.2, 0.25) is 0 Å². The summed E-state index contributed by atoms with van der Waals surface area (Å²) in [7, 11) is 0. The zero-order valence-corrected chi connectivity index (χ0v) is 14.6. The number of hydrogen-bond donors (Lipinski definition) is 2. The molecule has 2 aliphatic rings. The third-order valence-corrected chi connectivity index (χ3v) is 6.74. The first kappa shape index (κ1) is 14.4. The highest BCUT2D eigenvalue weighted by atomic mass is 32.2. The first-order chi connectivity index (χ1) is 11.9. The largest absolute Gasteiger partial charge is 0.329 e. The van der Waals surface area contributed by atoms with E-state index >= 15 is 0 Å². The van der Waals surface area contributed by atoms with Gasteiger partial charge in [-0.2, -0.15) is 0 Å². The third kappa shape index (κ3) is 2.42. The number of nitrogens with zero attached hydrogens (tertiary/aromatic N) is 4. The van der Waals surface area contributed by atoms with Gasteiger partial charge in [0, 0.05) is 46.2 Å². The minimum absolute atomic E-state index is 0.783. The summed E-state index contributed by atoms with van der Waals surface area (Å²) in [6.45, 7) is 3.01. The van der Waals surface area contributed by atoms with Crippen LogP contribution < -0.4 is 10.2 Å². The molecule has 6 nitrogen and oxygen atoms in total. The van der Waals surface area contributed by atoms with Crippen molar-refractivity contribution in [2.24, 2.45) is 0 Å². The van der Waals surface area contributed by atoms with Crippen LogP contribution in [0.5, 0.6) is 0 Å². The number of H-pyrrole nitrogens is 1. The quantitative estimate of drug-likeness (QED) is 0.736. The first-order valence-electron chi connectivity index (χ1n) is 7.96. The standard InChI is InChI=1S/C16H16N6S2/c1-2-17-6-10-5-12(24-11(1)10)13-7-22(3-4-23-13)16-14-15(19-8-18-14)20-9-21-16/h5,7-9,17H,1-4,6H2,(H,18,19,20,21). The number of imidazole rings is 1. The minimum Gasteiger partial charge on any atom is -0.329 e. The number of fused-ring (bicyclic) bond motifs is 2. The minimum atomic E-state index is 0.783. The van der Waals surface area contributed by atoms with Gasteiger partial charge in [-0.1, -0.05) is 0 Å². The van der Waals surface area contributed by atoms with Crippen LogP contribution in [0.15, 0.2) is 24.9 Å². The predicted molar refractivity (Wildman–Crippen MR) is 99.2 cm³/mol. The molecular formula is C16H16N6S2. The van der Waals surface area contributed by atoms with E-state index in [1.54, 1.807) is 12.7 Å². The second-order valence-corrected chi connectivity index (χ2v) is 8.09. The predicted octanol–water partition coefficient (Wildman–Crippen LogP) is 2.61. The number of nitrogens with one attached hydrogen (secondary N) is 2. The topological polar surface area (TPSA) is 69.7 Å². The van der Waals surface area contributed by atoms with Gasteiger partial charge < -0.3 is 15.2 Å². The van der Waals surface area contributed by atoms with Crippen LogP contribution in [0.4, 0.5) is 5.82 Å². The van der Waals surface area contributed by atoms with Gasteiger partial charge in [-0.15, -0.1) is 23.1 Å². The summed E-state index contributed by atoms with van der Waals surface area (Å²) < 4.78 is 0. The molecule has 0 bridgehead atoms. The normalized spacial score (nSPS) is 17.8. The van der Waals surface area contributed by atoms with Gasteiger partial charge in [0.2, 0.25) is 0 Å². The van der Waals surface area contributed by atoms with E-state index in [4.69, 9.17) is 0 Å². The van der Waals surface area contributed by atoms with E-state index in [-0.39, 0.29) is 0 Å². The molecule has 3 aromatic heterocycles. The fraction of sp³-hybridized carbons (Fsp3) is 0.312. The van der Waals surface area contributed by atoms with E-state index in [0.29, 0.717) is 0 Å². The zero-order chi connectivity index (χ0) is 15.9. The van der Waals surface area contributed by atoms with Crippen LogP contribution in [0.3, 0.4) is 0 Å². The first-order valence-corrected chi connectivity index (χ1v) is 9.77. The molecule has 0 spiro atoms. The van der Waals surface area contributed by atoms with E-state index in [0.717, 1.165) is 48.8 Å². The number of aromatic amines is 1. The summed E-state index contributed by atoms with van der Waals surface area (Å²) in [6.07, 6.45) is 6.63. The number of thiophene rings is 1. The molecule has 0 unspecified atom stereocenters. The molecule has 2 N–H and O–H groups in total. The summed E-state index contributed by atoms with van der Waals surface area (Å²) in [5.74, 6) is 1.92. The lowest BCUT2D eigenvalue weighted by atomic mass is 10.1. The van der Waals surface area contributed by atoms with Crippen LogP contribution in [-0.2, 0) is 13.0 Å². The van der Waals surface area contributed by atoms with Gasteiger partial charge in [0.1, 0.15) is 6.33 Å². The highest BCUT2D eigenvalue weighted by Crippen LogP contribution is 2.39. The van der Waals surface area contributed by atoms with Crippen molar-refractivity contribution in [3.8, 4) is 0 Å². The molecular weight excluding hydrogens is 340 g/mol. The summed E-state index contributed by atoms with van der Waals surface area (Å²) in [5, 5.41) is 3.45. The Balaban J connectivity index is 1.53. The van der Waals surface area contributed by atoms with Gasteiger partial charge in [-0.05, 0) is 18.1 Å². The average molecular weight is 356 g/mol. The van der Waals surface area contributed by atoms with Crippen LogP contribution in [-0.4, -0.2) is 38.8 Å². The molecule has 24 heavy (non-hydrogen) atoms. The van der Waals surface area contributed by atoms with Crippen molar-refractivity contribution >= 4 is 45.0 Å². The highest BCUT2D eigenvalue weighted by Gasteiger charge is 2.21. The molecule has 122 valence electrons. The monoisotopic (exact) mass is 356 g/mol. The molecule has 0 saturated heterocycles. The maximum atomic E-state index is 4.47. The van der Waals surface area contributed by atoms with E-state index in [2.05, 4.69) is 42.4 Å². The van der Waals surface area contributed by atoms with Crippen molar-refractivity contribution in [3.63, 3.8) is 0 Å². The van der Waals surface area contributed by atoms with Crippen molar-refractivity contribution in [3.05, 3.63) is 40.2 Å². The molecule has 0 aliphatic carbocycles. The fourth-order valence-corrected chi connectivity index (χ4v) is 5.43. The molecule has 0 radical (unpaired) electrons. The molecule has 0 saturated carbocycles. The average Bonchev–Trinajstić information content (AvgIpc) is 3.28. The number of anilines is 1. The molecule has 2 aliphatic heterocycles. The Morgan fingerprint density at radius 2 is 2.21 bits per heavy atom. The van der Waals surface area contributed by atoms with Crippen LogP contribution in [0.25, 0.3) is 16.1 Å². The Morgan fingerprint density at radius 1 is 1.21 bits per heavy atom. The van der Waals surface area contributed by atoms with E-state index in [1.165, 1.54) is 20.2 Å². The zero-order valence-electron chi connectivity index (χ0n) is 13.0. The molecule has 8 heteroatoms. The smallest absolute Gasteiger partial charge is 0.164 e. The van der Waals surface area contributed by atoms with Gasteiger partial charge in [0.15, 0.2) is 17.0 Å². The Hall–Kier alpha value is -1.90.